The van der Waals surface area contributed by atoms with Gasteiger partial charge in [-0.1, -0.05) is 12.1 Å². The number of hydrogen-bond donors (Lipinski definition) is 2. The summed E-state index contributed by atoms with van der Waals surface area (Å²) in [5.41, 5.74) is 5.64. The first-order valence-electron chi connectivity index (χ1n) is 4.59. The van der Waals surface area contributed by atoms with Crippen molar-refractivity contribution in [3.63, 3.8) is 0 Å². The molecule has 0 fully saturated rings. The van der Waals surface area contributed by atoms with Crippen molar-refractivity contribution in [1.82, 2.24) is 0 Å². The Morgan fingerprint density at radius 1 is 1.47 bits per heavy atom. The molecule has 0 bridgehead atoms. The van der Waals surface area contributed by atoms with E-state index in [1.807, 2.05) is 0 Å². The van der Waals surface area contributed by atoms with E-state index in [1.165, 1.54) is 0 Å². The zero-order valence-electron chi connectivity index (χ0n) is 8.78. The van der Waals surface area contributed by atoms with E-state index in [9.17, 15) is 9.59 Å². The number of primary amides is 1. The molecule has 0 saturated carbocycles. The second kappa shape index (κ2) is 4.13. The standard InChI is InChI=1S/C11H14N2O2/c1-11(2,10(12)15)13-9-5-3-4-8(6-9)7-14/h3-7,13H,1-2H3,(H2,12,15). The molecule has 1 rings (SSSR count). The quantitative estimate of drug-likeness (QED) is 0.726. The highest BCUT2D eigenvalue weighted by atomic mass is 16.1. The molecule has 0 saturated heterocycles. The summed E-state index contributed by atoms with van der Waals surface area (Å²) in [5.74, 6) is -0.445. The third-order valence-electron chi connectivity index (χ3n) is 2.10. The minimum Gasteiger partial charge on any atom is -0.372 e. The van der Waals surface area contributed by atoms with Gasteiger partial charge in [0.2, 0.25) is 5.91 Å². The number of anilines is 1. The predicted molar refractivity (Wildman–Crippen MR) is 58.7 cm³/mol. The van der Waals surface area contributed by atoms with Gasteiger partial charge in [0, 0.05) is 11.3 Å². The monoisotopic (exact) mass is 206 g/mol. The van der Waals surface area contributed by atoms with Gasteiger partial charge in [-0.05, 0) is 26.0 Å². The van der Waals surface area contributed by atoms with Crippen molar-refractivity contribution in [2.75, 3.05) is 5.32 Å². The third-order valence-corrected chi connectivity index (χ3v) is 2.10. The van der Waals surface area contributed by atoms with E-state index in [0.29, 0.717) is 11.3 Å². The van der Waals surface area contributed by atoms with Crippen molar-refractivity contribution in [3.05, 3.63) is 29.8 Å². The number of nitrogens with two attached hydrogens (primary N) is 1. The fraction of sp³-hybridized carbons (Fsp3) is 0.273. The van der Waals surface area contributed by atoms with E-state index in [4.69, 9.17) is 5.73 Å². The molecule has 1 aromatic rings. The lowest BCUT2D eigenvalue weighted by atomic mass is 10.0. The molecule has 4 nitrogen and oxygen atoms in total. The minimum absolute atomic E-state index is 0.445. The number of hydrogen-bond acceptors (Lipinski definition) is 3. The Labute approximate surface area is 88.5 Å². The molecule has 15 heavy (non-hydrogen) atoms. The van der Waals surface area contributed by atoms with Crippen LogP contribution in [0.15, 0.2) is 24.3 Å². The summed E-state index contributed by atoms with van der Waals surface area (Å²) in [6.07, 6.45) is 0.752. The van der Waals surface area contributed by atoms with Gasteiger partial charge in [-0.25, -0.2) is 0 Å². The van der Waals surface area contributed by atoms with E-state index in [2.05, 4.69) is 5.32 Å². The number of aldehydes is 1. The second-order valence-electron chi connectivity index (χ2n) is 3.86. The van der Waals surface area contributed by atoms with Crippen LogP contribution in [-0.4, -0.2) is 17.7 Å². The molecular formula is C11H14N2O2. The Bertz CT molecular complexity index is 386. The molecule has 0 radical (unpaired) electrons. The summed E-state index contributed by atoms with van der Waals surface area (Å²) in [5, 5.41) is 2.96. The maximum Gasteiger partial charge on any atom is 0.242 e. The molecule has 0 heterocycles. The van der Waals surface area contributed by atoms with Gasteiger partial charge in [-0.3, -0.25) is 9.59 Å². The number of carbonyl (C=O) groups excluding carboxylic acids is 2. The van der Waals surface area contributed by atoms with E-state index in [1.54, 1.807) is 38.1 Å². The highest BCUT2D eigenvalue weighted by Gasteiger charge is 2.24. The van der Waals surface area contributed by atoms with Gasteiger partial charge >= 0.3 is 0 Å². The Balaban J connectivity index is 2.89. The molecule has 80 valence electrons. The lowest BCUT2D eigenvalue weighted by Gasteiger charge is -2.23. The Morgan fingerprint density at radius 2 is 2.13 bits per heavy atom. The van der Waals surface area contributed by atoms with Crippen LogP contribution in [0, 0.1) is 0 Å². The highest BCUT2D eigenvalue weighted by molar-refractivity contribution is 5.87. The first kappa shape index (κ1) is 11.2. The van der Waals surface area contributed by atoms with Gasteiger partial charge in [0.25, 0.3) is 0 Å². The SMILES string of the molecule is CC(C)(Nc1cccc(C=O)c1)C(N)=O. The van der Waals surface area contributed by atoms with E-state index in [0.717, 1.165) is 6.29 Å². The Morgan fingerprint density at radius 3 is 2.67 bits per heavy atom. The van der Waals surface area contributed by atoms with Gasteiger partial charge in [0.05, 0.1) is 0 Å². The van der Waals surface area contributed by atoms with Crippen LogP contribution >= 0.6 is 0 Å². The summed E-state index contributed by atoms with van der Waals surface area (Å²) in [4.78, 5) is 21.6. The van der Waals surface area contributed by atoms with Crippen LogP contribution in [0.2, 0.25) is 0 Å². The molecule has 1 aromatic carbocycles. The molecule has 0 aliphatic heterocycles. The maximum atomic E-state index is 11.1. The first-order valence-corrected chi connectivity index (χ1v) is 4.59. The summed E-state index contributed by atoms with van der Waals surface area (Å²) in [6, 6.07) is 6.87. The molecule has 0 aromatic heterocycles. The lowest BCUT2D eigenvalue weighted by Crippen LogP contribution is -2.45. The average Bonchev–Trinajstić information content (AvgIpc) is 2.17. The van der Waals surface area contributed by atoms with E-state index < -0.39 is 11.4 Å². The number of benzene rings is 1. The van der Waals surface area contributed by atoms with E-state index >= 15 is 0 Å². The summed E-state index contributed by atoms with van der Waals surface area (Å²) in [7, 11) is 0. The van der Waals surface area contributed by atoms with Gasteiger partial charge in [-0.2, -0.15) is 0 Å². The fourth-order valence-corrected chi connectivity index (χ4v) is 1.11. The summed E-state index contributed by atoms with van der Waals surface area (Å²) >= 11 is 0. The molecule has 0 aliphatic carbocycles. The van der Waals surface area contributed by atoms with Crippen LogP contribution in [-0.2, 0) is 4.79 Å². The molecule has 0 spiro atoms. The van der Waals surface area contributed by atoms with Crippen molar-refractivity contribution < 1.29 is 9.59 Å². The van der Waals surface area contributed by atoms with Gasteiger partial charge in [0.1, 0.15) is 11.8 Å². The van der Waals surface area contributed by atoms with Gasteiger partial charge in [0.15, 0.2) is 0 Å². The number of rotatable bonds is 4. The second-order valence-corrected chi connectivity index (χ2v) is 3.86. The van der Waals surface area contributed by atoms with Gasteiger partial charge in [-0.15, -0.1) is 0 Å². The zero-order chi connectivity index (χ0) is 11.5. The normalized spacial score (nSPS) is 10.8. The molecule has 0 unspecified atom stereocenters. The summed E-state index contributed by atoms with van der Waals surface area (Å²) < 4.78 is 0. The number of nitrogens with one attached hydrogen (secondary N) is 1. The minimum atomic E-state index is -0.832. The topological polar surface area (TPSA) is 72.2 Å². The average molecular weight is 206 g/mol. The largest absolute Gasteiger partial charge is 0.372 e. The molecular weight excluding hydrogens is 192 g/mol. The van der Waals surface area contributed by atoms with Crippen molar-refractivity contribution in [1.29, 1.82) is 0 Å². The molecule has 0 atom stereocenters. The Kier molecular flexibility index (Phi) is 3.09. The smallest absolute Gasteiger partial charge is 0.242 e. The van der Waals surface area contributed by atoms with Crippen LogP contribution in [0.3, 0.4) is 0 Å². The maximum absolute atomic E-state index is 11.1. The predicted octanol–water partition coefficient (Wildman–Crippen LogP) is 1.17. The zero-order valence-corrected chi connectivity index (χ0v) is 8.78. The van der Waals surface area contributed by atoms with Gasteiger partial charge < -0.3 is 11.1 Å². The summed E-state index contributed by atoms with van der Waals surface area (Å²) in [6.45, 7) is 3.37. The van der Waals surface area contributed by atoms with Crippen LogP contribution in [0.4, 0.5) is 5.69 Å². The van der Waals surface area contributed by atoms with Crippen molar-refractivity contribution in [2.45, 2.75) is 19.4 Å². The van der Waals surface area contributed by atoms with Crippen molar-refractivity contribution >= 4 is 17.9 Å². The fourth-order valence-electron chi connectivity index (χ4n) is 1.11. The highest BCUT2D eigenvalue weighted by Crippen LogP contribution is 2.15. The lowest BCUT2D eigenvalue weighted by molar-refractivity contribution is -0.121. The first-order chi connectivity index (χ1) is 6.95. The van der Waals surface area contributed by atoms with Crippen molar-refractivity contribution in [2.24, 2.45) is 5.73 Å². The molecule has 0 aliphatic rings. The van der Waals surface area contributed by atoms with Crippen LogP contribution in [0.25, 0.3) is 0 Å². The molecule has 3 N–H and O–H groups in total. The Hall–Kier alpha value is -1.84. The van der Waals surface area contributed by atoms with Crippen LogP contribution < -0.4 is 11.1 Å². The van der Waals surface area contributed by atoms with Crippen LogP contribution in [0.5, 0.6) is 0 Å². The number of carbonyl (C=O) groups is 2. The molecule has 4 heteroatoms. The van der Waals surface area contributed by atoms with Crippen LogP contribution in [0.1, 0.15) is 24.2 Å². The number of amides is 1. The third kappa shape index (κ3) is 2.80. The molecule has 1 amide bonds. The van der Waals surface area contributed by atoms with Crippen molar-refractivity contribution in [3.8, 4) is 0 Å². The van der Waals surface area contributed by atoms with E-state index in [-0.39, 0.29) is 0 Å².